The molecule has 0 amide bonds. The molecule has 1 aromatic rings. The van der Waals surface area contributed by atoms with Crippen molar-refractivity contribution in [3.05, 3.63) is 24.0 Å². The van der Waals surface area contributed by atoms with E-state index in [9.17, 15) is 0 Å². The van der Waals surface area contributed by atoms with Crippen LogP contribution in [0.2, 0.25) is 0 Å². The molecule has 0 aliphatic carbocycles. The van der Waals surface area contributed by atoms with Crippen LogP contribution in [0.25, 0.3) is 0 Å². The second-order valence-corrected chi connectivity index (χ2v) is 3.38. The lowest BCUT2D eigenvalue weighted by Gasteiger charge is -2.22. The van der Waals surface area contributed by atoms with Gasteiger partial charge in [-0.05, 0) is 25.0 Å². The van der Waals surface area contributed by atoms with Crippen molar-refractivity contribution in [2.45, 2.75) is 25.8 Å². The minimum absolute atomic E-state index is 0.318. The summed E-state index contributed by atoms with van der Waals surface area (Å²) in [5.74, 6) is 0.752. The van der Waals surface area contributed by atoms with Crippen molar-refractivity contribution in [3.63, 3.8) is 0 Å². The van der Waals surface area contributed by atoms with Gasteiger partial charge in [0.1, 0.15) is 5.75 Å². The molecule has 3 heteroatoms. The van der Waals surface area contributed by atoms with E-state index in [4.69, 9.17) is 10.5 Å². The third-order valence-corrected chi connectivity index (χ3v) is 2.34. The molecule has 1 aromatic heterocycles. The standard InChI is InChI=1S/C10H16N2O/c1-4-10(2,11)8-5-9(13-3)7-12-6-8/h5-7H,4,11H2,1-3H3. The highest BCUT2D eigenvalue weighted by Gasteiger charge is 2.19. The van der Waals surface area contributed by atoms with Crippen LogP contribution in [0.3, 0.4) is 0 Å². The zero-order chi connectivity index (χ0) is 9.90. The molecule has 0 bridgehead atoms. The van der Waals surface area contributed by atoms with Crippen LogP contribution < -0.4 is 10.5 Å². The van der Waals surface area contributed by atoms with Crippen LogP contribution in [0.1, 0.15) is 25.8 Å². The van der Waals surface area contributed by atoms with E-state index in [2.05, 4.69) is 11.9 Å². The Kier molecular flexibility index (Phi) is 2.88. The van der Waals surface area contributed by atoms with Gasteiger partial charge in [-0.2, -0.15) is 0 Å². The van der Waals surface area contributed by atoms with Gasteiger partial charge in [-0.3, -0.25) is 4.98 Å². The fraction of sp³-hybridized carbons (Fsp3) is 0.500. The molecule has 1 unspecified atom stereocenters. The first-order valence-corrected chi connectivity index (χ1v) is 4.38. The summed E-state index contributed by atoms with van der Waals surface area (Å²) in [6.07, 6.45) is 4.34. The molecule has 0 saturated carbocycles. The van der Waals surface area contributed by atoms with Gasteiger partial charge in [0.05, 0.1) is 13.3 Å². The number of hydrogen-bond acceptors (Lipinski definition) is 3. The number of aromatic nitrogens is 1. The quantitative estimate of drug-likeness (QED) is 0.769. The van der Waals surface area contributed by atoms with E-state index in [0.29, 0.717) is 0 Å². The van der Waals surface area contributed by atoms with Gasteiger partial charge < -0.3 is 10.5 Å². The molecule has 0 saturated heterocycles. The van der Waals surface area contributed by atoms with Crippen molar-refractivity contribution in [1.82, 2.24) is 4.98 Å². The van der Waals surface area contributed by atoms with Gasteiger partial charge >= 0.3 is 0 Å². The Morgan fingerprint density at radius 1 is 1.54 bits per heavy atom. The van der Waals surface area contributed by atoms with Crippen molar-refractivity contribution in [2.24, 2.45) is 5.73 Å². The third-order valence-electron chi connectivity index (χ3n) is 2.34. The highest BCUT2D eigenvalue weighted by Crippen LogP contribution is 2.23. The number of methoxy groups -OCH3 is 1. The van der Waals surface area contributed by atoms with E-state index in [-0.39, 0.29) is 5.54 Å². The summed E-state index contributed by atoms with van der Waals surface area (Å²) in [4.78, 5) is 4.06. The van der Waals surface area contributed by atoms with Gasteiger partial charge in [-0.1, -0.05) is 6.92 Å². The predicted molar refractivity (Wildman–Crippen MR) is 52.6 cm³/mol. The van der Waals surface area contributed by atoms with Crippen LogP contribution in [0.4, 0.5) is 0 Å². The van der Waals surface area contributed by atoms with Crippen molar-refractivity contribution in [3.8, 4) is 5.75 Å². The SMILES string of the molecule is CCC(C)(N)c1cncc(OC)c1. The van der Waals surface area contributed by atoms with Gasteiger partial charge in [-0.15, -0.1) is 0 Å². The van der Waals surface area contributed by atoms with Crippen molar-refractivity contribution >= 4 is 0 Å². The molecule has 13 heavy (non-hydrogen) atoms. The highest BCUT2D eigenvalue weighted by molar-refractivity contribution is 5.28. The van der Waals surface area contributed by atoms with Gasteiger partial charge in [0.25, 0.3) is 0 Å². The average molecular weight is 180 g/mol. The Balaban J connectivity index is 3.01. The maximum atomic E-state index is 6.07. The molecule has 72 valence electrons. The summed E-state index contributed by atoms with van der Waals surface area (Å²) in [7, 11) is 1.63. The molecule has 3 nitrogen and oxygen atoms in total. The van der Waals surface area contributed by atoms with Crippen LogP contribution in [-0.4, -0.2) is 12.1 Å². The van der Waals surface area contributed by atoms with Crippen molar-refractivity contribution < 1.29 is 4.74 Å². The fourth-order valence-corrected chi connectivity index (χ4v) is 1.05. The zero-order valence-corrected chi connectivity index (χ0v) is 8.37. The van der Waals surface area contributed by atoms with Crippen LogP contribution in [0.5, 0.6) is 5.75 Å². The Morgan fingerprint density at radius 2 is 2.23 bits per heavy atom. The maximum Gasteiger partial charge on any atom is 0.137 e. The number of ether oxygens (including phenoxy) is 1. The summed E-state index contributed by atoms with van der Waals surface area (Å²) in [6, 6.07) is 1.93. The summed E-state index contributed by atoms with van der Waals surface area (Å²) in [5.41, 5.74) is 6.76. The molecule has 1 atom stereocenters. The first kappa shape index (κ1) is 9.99. The Bertz CT molecular complexity index is 284. The van der Waals surface area contributed by atoms with Gasteiger partial charge in [0, 0.05) is 11.7 Å². The molecule has 0 aliphatic rings. The lowest BCUT2D eigenvalue weighted by atomic mass is 9.92. The minimum Gasteiger partial charge on any atom is -0.495 e. The number of pyridine rings is 1. The first-order valence-electron chi connectivity index (χ1n) is 4.38. The summed E-state index contributed by atoms with van der Waals surface area (Å²) < 4.78 is 5.08. The largest absolute Gasteiger partial charge is 0.495 e. The molecule has 0 aromatic carbocycles. The second kappa shape index (κ2) is 3.75. The molecule has 1 rings (SSSR count). The Morgan fingerprint density at radius 3 is 2.77 bits per heavy atom. The number of hydrogen-bond donors (Lipinski definition) is 1. The van der Waals surface area contributed by atoms with Gasteiger partial charge in [-0.25, -0.2) is 0 Å². The monoisotopic (exact) mass is 180 g/mol. The molecule has 0 radical (unpaired) electrons. The van der Waals surface area contributed by atoms with E-state index < -0.39 is 0 Å². The lowest BCUT2D eigenvalue weighted by molar-refractivity contribution is 0.407. The van der Waals surface area contributed by atoms with E-state index >= 15 is 0 Å². The van der Waals surface area contributed by atoms with E-state index in [1.165, 1.54) is 0 Å². The van der Waals surface area contributed by atoms with Gasteiger partial charge in [0.15, 0.2) is 0 Å². The topological polar surface area (TPSA) is 48.1 Å². The van der Waals surface area contributed by atoms with Crippen molar-refractivity contribution in [2.75, 3.05) is 7.11 Å². The Hall–Kier alpha value is -1.09. The van der Waals surface area contributed by atoms with Gasteiger partial charge in [0.2, 0.25) is 0 Å². The molecular weight excluding hydrogens is 164 g/mol. The predicted octanol–water partition coefficient (Wildman–Crippen LogP) is 1.67. The lowest BCUT2D eigenvalue weighted by Crippen LogP contribution is -2.32. The van der Waals surface area contributed by atoms with Crippen LogP contribution in [-0.2, 0) is 5.54 Å². The fourth-order valence-electron chi connectivity index (χ4n) is 1.05. The molecular formula is C10H16N2O. The Labute approximate surface area is 78.9 Å². The number of rotatable bonds is 3. The molecule has 0 aliphatic heterocycles. The van der Waals surface area contributed by atoms with E-state index in [1.807, 2.05) is 13.0 Å². The van der Waals surface area contributed by atoms with E-state index in [0.717, 1.165) is 17.7 Å². The maximum absolute atomic E-state index is 6.07. The van der Waals surface area contributed by atoms with Crippen LogP contribution in [0.15, 0.2) is 18.5 Å². The molecule has 2 N–H and O–H groups in total. The summed E-state index contributed by atoms with van der Waals surface area (Å²) >= 11 is 0. The van der Waals surface area contributed by atoms with E-state index in [1.54, 1.807) is 19.5 Å². The number of nitrogens with two attached hydrogens (primary N) is 1. The van der Waals surface area contributed by atoms with Crippen LogP contribution in [0, 0.1) is 0 Å². The van der Waals surface area contributed by atoms with Crippen molar-refractivity contribution in [1.29, 1.82) is 0 Å². The summed E-state index contributed by atoms with van der Waals surface area (Å²) in [5, 5.41) is 0. The second-order valence-electron chi connectivity index (χ2n) is 3.38. The molecule has 1 heterocycles. The highest BCUT2D eigenvalue weighted by atomic mass is 16.5. The minimum atomic E-state index is -0.318. The average Bonchev–Trinajstić information content (AvgIpc) is 2.18. The van der Waals surface area contributed by atoms with Crippen LogP contribution >= 0.6 is 0 Å². The third kappa shape index (κ3) is 2.18. The molecule has 0 fully saturated rings. The smallest absolute Gasteiger partial charge is 0.137 e. The first-order chi connectivity index (χ1) is 6.10. The number of nitrogens with zero attached hydrogens (tertiary/aromatic N) is 1. The molecule has 0 spiro atoms. The summed E-state index contributed by atoms with van der Waals surface area (Å²) in [6.45, 7) is 4.04. The zero-order valence-electron chi connectivity index (χ0n) is 8.37. The normalized spacial score (nSPS) is 15.1.